The van der Waals surface area contributed by atoms with Gasteiger partial charge in [-0.2, -0.15) is 5.26 Å². The molecule has 28 heavy (non-hydrogen) atoms. The Morgan fingerprint density at radius 2 is 2.00 bits per heavy atom. The van der Waals surface area contributed by atoms with E-state index in [1.165, 1.54) is 12.1 Å². The number of hydrogen-bond acceptors (Lipinski definition) is 4. The van der Waals surface area contributed by atoms with E-state index in [9.17, 15) is 9.65 Å². The maximum Gasteiger partial charge on any atom is 0.244 e. The van der Waals surface area contributed by atoms with E-state index in [2.05, 4.69) is 10.2 Å². The fraction of sp³-hybridized carbons (Fsp3) is 0.143. The SMILES string of the molecule is Cc1ccc(-c2[nH]nc3c2C(c2c(F)cccc2Cl)C(C#N)=C(N)O3)cc1C. The predicted molar refractivity (Wildman–Crippen MR) is 104 cm³/mol. The van der Waals surface area contributed by atoms with Crippen molar-refractivity contribution in [1.82, 2.24) is 10.2 Å². The van der Waals surface area contributed by atoms with Crippen molar-refractivity contribution >= 4 is 11.6 Å². The van der Waals surface area contributed by atoms with Crippen molar-refractivity contribution in [3.05, 3.63) is 80.9 Å². The van der Waals surface area contributed by atoms with Gasteiger partial charge < -0.3 is 10.5 Å². The van der Waals surface area contributed by atoms with Crippen molar-refractivity contribution in [2.45, 2.75) is 19.8 Å². The van der Waals surface area contributed by atoms with E-state index in [-0.39, 0.29) is 27.9 Å². The number of nitrogens with two attached hydrogens (primary N) is 1. The van der Waals surface area contributed by atoms with E-state index >= 15 is 0 Å². The number of hydrogen-bond donors (Lipinski definition) is 2. The molecule has 1 unspecified atom stereocenters. The van der Waals surface area contributed by atoms with E-state index in [1.54, 1.807) is 6.07 Å². The molecule has 140 valence electrons. The van der Waals surface area contributed by atoms with E-state index in [0.29, 0.717) is 11.3 Å². The molecule has 1 aromatic heterocycles. The highest BCUT2D eigenvalue weighted by atomic mass is 35.5. The number of allylic oxidation sites excluding steroid dienone is 1. The van der Waals surface area contributed by atoms with Gasteiger partial charge in [0.15, 0.2) is 0 Å². The molecule has 1 atom stereocenters. The molecule has 1 aliphatic rings. The molecule has 0 radical (unpaired) electrons. The summed E-state index contributed by atoms with van der Waals surface area (Å²) in [5, 5.41) is 17.1. The maximum absolute atomic E-state index is 14.8. The Labute approximate surface area is 166 Å². The zero-order chi connectivity index (χ0) is 20.0. The van der Waals surface area contributed by atoms with Crippen LogP contribution in [0.1, 0.15) is 28.2 Å². The quantitative estimate of drug-likeness (QED) is 0.659. The van der Waals surface area contributed by atoms with Gasteiger partial charge in [-0.25, -0.2) is 4.39 Å². The molecule has 2 heterocycles. The van der Waals surface area contributed by atoms with Crippen LogP contribution in [0, 0.1) is 31.0 Å². The van der Waals surface area contributed by atoms with Crippen LogP contribution in [0.15, 0.2) is 47.9 Å². The molecule has 0 aliphatic carbocycles. The Hall–Kier alpha value is -3.30. The highest BCUT2D eigenvalue weighted by Gasteiger charge is 2.38. The van der Waals surface area contributed by atoms with Crippen LogP contribution >= 0.6 is 11.6 Å². The summed E-state index contributed by atoms with van der Waals surface area (Å²) in [6, 6.07) is 12.4. The van der Waals surface area contributed by atoms with Crippen molar-refractivity contribution in [3.8, 4) is 23.2 Å². The highest BCUT2D eigenvalue weighted by Crippen LogP contribution is 2.47. The molecule has 0 saturated carbocycles. The number of nitrogens with one attached hydrogen (secondary N) is 1. The molecule has 0 fully saturated rings. The van der Waals surface area contributed by atoms with Crippen molar-refractivity contribution < 1.29 is 9.13 Å². The molecular formula is C21H16ClFN4O. The summed E-state index contributed by atoms with van der Waals surface area (Å²) in [6.45, 7) is 4.02. The van der Waals surface area contributed by atoms with Crippen LogP contribution in [-0.2, 0) is 0 Å². The molecule has 5 nitrogen and oxygen atoms in total. The number of fused-ring (bicyclic) bond motifs is 1. The van der Waals surface area contributed by atoms with E-state index < -0.39 is 11.7 Å². The summed E-state index contributed by atoms with van der Waals surface area (Å²) in [4.78, 5) is 0. The number of rotatable bonds is 2. The zero-order valence-corrected chi connectivity index (χ0v) is 15.9. The average Bonchev–Trinajstić information content (AvgIpc) is 3.07. The van der Waals surface area contributed by atoms with Crippen LogP contribution in [0.4, 0.5) is 4.39 Å². The topological polar surface area (TPSA) is 87.7 Å². The number of nitrogens with zero attached hydrogens (tertiary/aromatic N) is 2. The molecule has 0 bridgehead atoms. The van der Waals surface area contributed by atoms with Gasteiger partial charge in [-0.3, -0.25) is 5.10 Å². The van der Waals surface area contributed by atoms with Gasteiger partial charge in [-0.05, 0) is 43.2 Å². The van der Waals surface area contributed by atoms with Gasteiger partial charge in [-0.15, -0.1) is 5.10 Å². The summed E-state index contributed by atoms with van der Waals surface area (Å²) < 4.78 is 20.3. The second-order valence-electron chi connectivity index (χ2n) is 6.68. The third kappa shape index (κ3) is 2.72. The van der Waals surface area contributed by atoms with Gasteiger partial charge in [0.25, 0.3) is 0 Å². The second-order valence-corrected chi connectivity index (χ2v) is 7.08. The number of nitriles is 1. The minimum atomic E-state index is -0.835. The van der Waals surface area contributed by atoms with Crippen LogP contribution in [0.25, 0.3) is 11.3 Å². The van der Waals surface area contributed by atoms with Gasteiger partial charge in [0.05, 0.1) is 17.2 Å². The standard InChI is InChI=1S/C21H16ClFN4O/c1-10-6-7-12(8-11(10)2)19-18-16(17-14(22)4-3-5-15(17)23)13(9-24)20(25)28-21(18)27-26-19/h3-8,16H,25H2,1-2H3,(H,26,27). The first-order valence-electron chi connectivity index (χ1n) is 8.59. The normalized spacial score (nSPS) is 15.8. The van der Waals surface area contributed by atoms with Crippen LogP contribution in [0.5, 0.6) is 5.88 Å². The molecule has 3 N–H and O–H groups in total. The van der Waals surface area contributed by atoms with Crippen LogP contribution in [0.3, 0.4) is 0 Å². The zero-order valence-electron chi connectivity index (χ0n) is 15.2. The molecule has 7 heteroatoms. The lowest BCUT2D eigenvalue weighted by atomic mass is 9.82. The van der Waals surface area contributed by atoms with Gasteiger partial charge in [0.1, 0.15) is 17.5 Å². The lowest BCUT2D eigenvalue weighted by Crippen LogP contribution is -2.21. The first-order valence-corrected chi connectivity index (χ1v) is 8.97. The number of aryl methyl sites for hydroxylation is 2. The van der Waals surface area contributed by atoms with Crippen LogP contribution in [-0.4, -0.2) is 10.2 Å². The minimum Gasteiger partial charge on any atom is -0.420 e. The monoisotopic (exact) mass is 394 g/mol. The van der Waals surface area contributed by atoms with Gasteiger partial charge in [-0.1, -0.05) is 29.8 Å². The Balaban J connectivity index is 2.01. The molecule has 0 saturated heterocycles. The third-order valence-corrected chi connectivity index (χ3v) is 5.35. The number of benzene rings is 2. The summed E-state index contributed by atoms with van der Waals surface area (Å²) in [5.74, 6) is -1.28. The summed E-state index contributed by atoms with van der Waals surface area (Å²) in [5.41, 5.74) is 10.4. The molecule has 0 amide bonds. The van der Waals surface area contributed by atoms with Crippen molar-refractivity contribution in [2.75, 3.05) is 0 Å². The van der Waals surface area contributed by atoms with E-state index in [1.807, 2.05) is 38.1 Å². The Bertz CT molecular complexity index is 1160. The van der Waals surface area contributed by atoms with Crippen molar-refractivity contribution in [1.29, 1.82) is 5.26 Å². The first kappa shape index (κ1) is 18.1. The minimum absolute atomic E-state index is 0.0889. The highest BCUT2D eigenvalue weighted by molar-refractivity contribution is 6.31. The Morgan fingerprint density at radius 1 is 1.21 bits per heavy atom. The Kier molecular flexibility index (Phi) is 4.33. The van der Waals surface area contributed by atoms with Crippen LogP contribution in [0.2, 0.25) is 5.02 Å². The van der Waals surface area contributed by atoms with E-state index in [4.69, 9.17) is 22.1 Å². The number of halogens is 2. The van der Waals surface area contributed by atoms with Crippen molar-refractivity contribution in [2.24, 2.45) is 5.73 Å². The molecule has 3 aromatic rings. The van der Waals surface area contributed by atoms with Gasteiger partial charge in [0.2, 0.25) is 11.8 Å². The number of H-pyrrole nitrogens is 1. The lowest BCUT2D eigenvalue weighted by molar-refractivity contribution is 0.378. The third-order valence-electron chi connectivity index (χ3n) is 5.02. The number of aromatic nitrogens is 2. The smallest absolute Gasteiger partial charge is 0.244 e. The molecule has 4 rings (SSSR count). The fourth-order valence-corrected chi connectivity index (χ4v) is 3.71. The lowest BCUT2D eigenvalue weighted by Gasteiger charge is -2.25. The van der Waals surface area contributed by atoms with Crippen LogP contribution < -0.4 is 10.5 Å². The van der Waals surface area contributed by atoms with E-state index in [0.717, 1.165) is 16.7 Å². The summed E-state index contributed by atoms with van der Waals surface area (Å²) in [7, 11) is 0. The predicted octanol–water partition coefficient (Wildman–Crippen LogP) is 4.70. The first-order chi connectivity index (χ1) is 13.4. The van der Waals surface area contributed by atoms with Gasteiger partial charge in [0, 0.05) is 16.1 Å². The average molecular weight is 395 g/mol. The molecule has 1 aliphatic heterocycles. The summed E-state index contributed by atoms with van der Waals surface area (Å²) >= 11 is 6.33. The largest absolute Gasteiger partial charge is 0.420 e. The van der Waals surface area contributed by atoms with Gasteiger partial charge >= 0.3 is 0 Å². The summed E-state index contributed by atoms with van der Waals surface area (Å²) in [6.07, 6.45) is 0. The Morgan fingerprint density at radius 3 is 2.68 bits per heavy atom. The molecule has 0 spiro atoms. The number of aromatic amines is 1. The molecular weight excluding hydrogens is 379 g/mol. The second kappa shape index (κ2) is 6.70. The maximum atomic E-state index is 14.8. The number of ether oxygens (including phenoxy) is 1. The fourth-order valence-electron chi connectivity index (χ4n) is 3.44. The van der Waals surface area contributed by atoms with Crippen molar-refractivity contribution in [3.63, 3.8) is 0 Å². The molecule has 2 aromatic carbocycles.